The van der Waals surface area contributed by atoms with Crippen molar-refractivity contribution in [3.63, 3.8) is 0 Å². The van der Waals surface area contributed by atoms with Crippen LogP contribution in [0.25, 0.3) is 93.9 Å². The van der Waals surface area contributed by atoms with Gasteiger partial charge in [0.05, 0.1) is 22.4 Å². The quantitative estimate of drug-likeness (QED) is 0.142. The lowest BCUT2D eigenvalue weighted by atomic mass is 9.33. The lowest BCUT2D eigenvalue weighted by Crippen LogP contribution is -2.61. The van der Waals surface area contributed by atoms with E-state index in [1.54, 1.807) is 0 Å². The van der Waals surface area contributed by atoms with Crippen molar-refractivity contribution in [3.05, 3.63) is 278 Å². The molecule has 2 aromatic heterocycles. The fourth-order valence-corrected chi connectivity index (χ4v) is 14.4. The van der Waals surface area contributed by atoms with Crippen molar-refractivity contribution in [2.75, 3.05) is 9.80 Å². The molecule has 0 atom stereocenters. The van der Waals surface area contributed by atoms with E-state index in [1.165, 1.54) is 82.8 Å². The summed E-state index contributed by atoms with van der Waals surface area (Å²) in [6.07, 6.45) is 0. The van der Waals surface area contributed by atoms with E-state index in [2.05, 4.69) is 331 Å². The van der Waals surface area contributed by atoms with Crippen molar-refractivity contribution in [2.45, 2.75) is 72.1 Å². The van der Waals surface area contributed by atoms with Crippen molar-refractivity contribution < 1.29 is 4.42 Å². The number of fused-ring (bicyclic) bond motifs is 11. The molecule has 0 fully saturated rings. The summed E-state index contributed by atoms with van der Waals surface area (Å²) in [5.74, 6) is 0.159. The van der Waals surface area contributed by atoms with Crippen LogP contribution in [0.5, 0.6) is 0 Å². The van der Waals surface area contributed by atoms with Gasteiger partial charge < -0.3 is 18.8 Å². The first kappa shape index (κ1) is 53.4. The van der Waals surface area contributed by atoms with E-state index < -0.39 is 0 Å². The molecule has 0 saturated heterocycles. The van der Waals surface area contributed by atoms with Crippen LogP contribution in [0.4, 0.5) is 34.1 Å². The molecule has 2 aliphatic heterocycles. The Bertz CT molecular complexity index is 4910. The van der Waals surface area contributed by atoms with Crippen LogP contribution in [0.2, 0.25) is 0 Å². The molecule has 4 heterocycles. The van der Waals surface area contributed by atoms with E-state index in [1.807, 2.05) is 0 Å². The molecule has 4 nitrogen and oxygen atoms in total. The normalized spacial score (nSPS) is 13.0. The molecule has 12 aromatic carbocycles. The summed E-state index contributed by atoms with van der Waals surface area (Å²) < 4.78 is 9.53. The highest BCUT2D eigenvalue weighted by molar-refractivity contribution is 7.02. The fraction of sp³-hybridized carbons (Fsp3) is 0.133. The topological polar surface area (TPSA) is 24.6 Å². The molecule has 0 bridgehead atoms. The van der Waals surface area contributed by atoms with Gasteiger partial charge in [0, 0.05) is 72.2 Å². The van der Waals surface area contributed by atoms with Gasteiger partial charge in [-0.1, -0.05) is 237 Å². The van der Waals surface area contributed by atoms with Crippen molar-refractivity contribution in [1.82, 2.24) is 4.57 Å². The van der Waals surface area contributed by atoms with Crippen molar-refractivity contribution >= 4 is 101 Å². The summed E-state index contributed by atoms with van der Waals surface area (Å²) in [5.41, 5.74) is 28.6. The molecule has 14 aromatic rings. The summed E-state index contributed by atoms with van der Waals surface area (Å²) in [5, 5.41) is 4.71. The zero-order chi connectivity index (χ0) is 59.7. The predicted octanol–water partition coefficient (Wildman–Crippen LogP) is 21.2. The minimum absolute atomic E-state index is 0.159. The van der Waals surface area contributed by atoms with Crippen LogP contribution in [0.3, 0.4) is 0 Å². The zero-order valence-electron chi connectivity index (χ0n) is 51.2. The average molecular weight is 1130 g/mol. The number of hydrogen-bond donors (Lipinski definition) is 0. The first-order valence-electron chi connectivity index (χ1n) is 31.2. The molecule has 424 valence electrons. The van der Waals surface area contributed by atoms with Crippen LogP contribution in [-0.4, -0.2) is 11.3 Å². The van der Waals surface area contributed by atoms with Gasteiger partial charge in [0.1, 0.15) is 11.2 Å². The van der Waals surface area contributed by atoms with Crippen LogP contribution in [0.1, 0.15) is 78.0 Å². The van der Waals surface area contributed by atoms with Crippen LogP contribution in [0, 0.1) is 0 Å². The van der Waals surface area contributed by atoms with Gasteiger partial charge in [-0.2, -0.15) is 0 Å². The number of anilines is 6. The third kappa shape index (κ3) is 8.42. The minimum atomic E-state index is -0.246. The fourth-order valence-electron chi connectivity index (χ4n) is 14.4. The van der Waals surface area contributed by atoms with E-state index in [9.17, 15) is 0 Å². The second-order valence-corrected chi connectivity index (χ2v) is 26.6. The monoisotopic (exact) mass is 1130 g/mol. The Balaban J connectivity index is 1.12. The van der Waals surface area contributed by atoms with E-state index in [-0.39, 0.29) is 23.5 Å². The van der Waals surface area contributed by atoms with E-state index in [0.717, 1.165) is 78.3 Å². The molecule has 16 rings (SSSR count). The Kier molecular flexibility index (Phi) is 12.3. The molecule has 0 amide bonds. The highest BCUT2D eigenvalue weighted by Gasteiger charge is 2.47. The number of aromatic nitrogens is 1. The van der Waals surface area contributed by atoms with Crippen molar-refractivity contribution in [1.29, 1.82) is 0 Å². The van der Waals surface area contributed by atoms with Gasteiger partial charge in [-0.25, -0.2) is 0 Å². The predicted molar refractivity (Wildman–Crippen MR) is 375 cm³/mol. The SMILES string of the molecule is CC(C)c1cc2c3c(c1)N(c1c(-c4ccccc4)cc(C(C)(C)C)cc1-c1ccccc1)c1ccc4oc5ccccc5c4c1B3c1ccc(-n3c4ccccc4c4ccccc43)cc1N2c1c(-c2ccccc2)cc(C(C)(C)C)cc1-c1ccccc1. The van der Waals surface area contributed by atoms with Gasteiger partial charge >= 0.3 is 0 Å². The van der Waals surface area contributed by atoms with Gasteiger partial charge in [-0.15, -0.1) is 0 Å². The number of furan rings is 1. The summed E-state index contributed by atoms with van der Waals surface area (Å²) in [7, 11) is 0. The zero-order valence-corrected chi connectivity index (χ0v) is 51.2. The highest BCUT2D eigenvalue weighted by atomic mass is 16.3. The lowest BCUT2D eigenvalue weighted by molar-refractivity contribution is 0.590. The maximum absolute atomic E-state index is 7.04. The van der Waals surface area contributed by atoms with Crippen molar-refractivity contribution in [2.24, 2.45) is 0 Å². The Morgan fingerprint density at radius 3 is 1.24 bits per heavy atom. The van der Waals surface area contributed by atoms with E-state index in [4.69, 9.17) is 4.42 Å². The van der Waals surface area contributed by atoms with Gasteiger partial charge in [-0.3, -0.25) is 0 Å². The average Bonchev–Trinajstić information content (AvgIpc) is 0.905. The molecule has 0 N–H and O–H groups in total. The number of hydrogen-bond acceptors (Lipinski definition) is 3. The molecular formula is C83H68BN3O. The van der Waals surface area contributed by atoms with Crippen LogP contribution in [-0.2, 0) is 10.8 Å². The maximum Gasteiger partial charge on any atom is 0.253 e. The van der Waals surface area contributed by atoms with E-state index in [0.29, 0.717) is 0 Å². The lowest BCUT2D eigenvalue weighted by Gasteiger charge is -2.46. The Morgan fingerprint density at radius 2 is 0.784 bits per heavy atom. The first-order chi connectivity index (χ1) is 42.8. The molecule has 0 saturated carbocycles. The summed E-state index contributed by atoms with van der Waals surface area (Å²) in [6, 6.07) is 98.1. The van der Waals surface area contributed by atoms with Crippen LogP contribution < -0.4 is 26.2 Å². The highest BCUT2D eigenvalue weighted by Crippen LogP contribution is 2.55. The summed E-state index contributed by atoms with van der Waals surface area (Å²) in [6.45, 7) is 18.6. The largest absolute Gasteiger partial charge is 0.456 e. The second kappa shape index (κ2) is 20.3. The molecule has 2 aliphatic rings. The number of para-hydroxylation sites is 3. The molecule has 0 spiro atoms. The van der Waals surface area contributed by atoms with Crippen LogP contribution >= 0.6 is 0 Å². The Morgan fingerprint density at radius 1 is 0.364 bits per heavy atom. The minimum Gasteiger partial charge on any atom is -0.456 e. The smallest absolute Gasteiger partial charge is 0.253 e. The maximum atomic E-state index is 7.04. The third-order valence-corrected chi connectivity index (χ3v) is 18.8. The van der Waals surface area contributed by atoms with E-state index >= 15 is 0 Å². The molecule has 88 heavy (non-hydrogen) atoms. The molecule has 0 radical (unpaired) electrons. The number of rotatable bonds is 8. The molecule has 0 aliphatic carbocycles. The molecule has 5 heteroatoms. The van der Waals surface area contributed by atoms with Gasteiger partial charge in [0.15, 0.2) is 0 Å². The second-order valence-electron chi connectivity index (χ2n) is 26.6. The molecular weight excluding hydrogens is 1070 g/mol. The summed E-state index contributed by atoms with van der Waals surface area (Å²) in [4.78, 5) is 5.39. The van der Waals surface area contributed by atoms with Gasteiger partial charge in [0.2, 0.25) is 0 Å². The third-order valence-electron chi connectivity index (χ3n) is 18.8. The molecule has 0 unspecified atom stereocenters. The Hall–Kier alpha value is -10.1. The standard InChI is InChI=1S/C83H68BN3O/c1-52(2)57-45-73-78-74(46-57)87(81-66(55-31-17-11-18-32-55)49-59(83(6,7)8)50-67(81)56-33-19-12-20-34-56)72-51-60(85-69-38-24-21-35-61(69)62-36-22-25-39-70(62)85)41-42-68(72)84(78)79-71(43-44-76-77(79)63-37-23-26-40-75(63)88-76)86(73)80-64(53-27-13-9-14-28-53)47-58(82(3,4)5)48-65(80)54-29-15-10-16-30-54/h9-52H,1-8H3. The Labute approximate surface area is 516 Å². The number of nitrogens with zero attached hydrogens (tertiary/aromatic N) is 3. The van der Waals surface area contributed by atoms with Crippen molar-refractivity contribution in [3.8, 4) is 50.2 Å². The first-order valence-corrected chi connectivity index (χ1v) is 31.2. The summed E-state index contributed by atoms with van der Waals surface area (Å²) >= 11 is 0. The van der Waals surface area contributed by atoms with Gasteiger partial charge in [0.25, 0.3) is 6.71 Å². The van der Waals surface area contributed by atoms with Crippen LogP contribution in [0.15, 0.2) is 265 Å². The number of benzene rings is 12. The van der Waals surface area contributed by atoms with Gasteiger partial charge in [-0.05, 0) is 151 Å².